The average Bonchev–Trinajstić information content (AvgIpc) is 2.48. The molecule has 8 heteroatoms. The fourth-order valence-corrected chi connectivity index (χ4v) is 1.87. The monoisotopic (exact) mass is 303 g/mol. The molecule has 0 aliphatic carbocycles. The standard InChI is InChI=1S/C13H10ClN5O2/c1-16-12-5-9(19(20)21)6-13(18-12)17-11-3-2-8(7-15)4-10(11)14/h2-6H,1H3,(H2,16,17,18). The van der Waals surface area contributed by atoms with Crippen LogP contribution in [-0.4, -0.2) is 17.0 Å². The van der Waals surface area contributed by atoms with E-state index < -0.39 is 4.92 Å². The molecule has 1 heterocycles. The molecule has 0 bridgehead atoms. The molecule has 0 amide bonds. The highest BCUT2D eigenvalue weighted by Crippen LogP contribution is 2.28. The summed E-state index contributed by atoms with van der Waals surface area (Å²) < 4.78 is 0. The number of pyridine rings is 1. The molecule has 106 valence electrons. The van der Waals surface area contributed by atoms with Crippen LogP contribution in [0.4, 0.5) is 23.0 Å². The van der Waals surface area contributed by atoms with Crippen molar-refractivity contribution in [2.75, 3.05) is 17.7 Å². The molecule has 7 nitrogen and oxygen atoms in total. The van der Waals surface area contributed by atoms with E-state index in [2.05, 4.69) is 15.6 Å². The van der Waals surface area contributed by atoms with Crippen LogP contribution < -0.4 is 10.6 Å². The van der Waals surface area contributed by atoms with Gasteiger partial charge in [0.25, 0.3) is 5.69 Å². The van der Waals surface area contributed by atoms with Crippen molar-refractivity contribution in [3.05, 3.63) is 51.0 Å². The van der Waals surface area contributed by atoms with Gasteiger partial charge in [0.2, 0.25) is 0 Å². The van der Waals surface area contributed by atoms with E-state index in [1.165, 1.54) is 18.2 Å². The summed E-state index contributed by atoms with van der Waals surface area (Å²) in [4.78, 5) is 14.5. The summed E-state index contributed by atoms with van der Waals surface area (Å²) in [5.74, 6) is 0.636. The normalized spacial score (nSPS) is 9.76. The Hall–Kier alpha value is -2.85. The van der Waals surface area contributed by atoms with Gasteiger partial charge in [-0.1, -0.05) is 11.6 Å². The minimum atomic E-state index is -0.506. The van der Waals surface area contributed by atoms with E-state index >= 15 is 0 Å². The number of hydrogen-bond donors (Lipinski definition) is 2. The highest BCUT2D eigenvalue weighted by atomic mass is 35.5. The van der Waals surface area contributed by atoms with Gasteiger partial charge in [-0.2, -0.15) is 5.26 Å². The third-order valence-electron chi connectivity index (χ3n) is 2.64. The molecule has 0 fully saturated rings. The van der Waals surface area contributed by atoms with Crippen LogP contribution in [-0.2, 0) is 0 Å². The predicted molar refractivity (Wildman–Crippen MR) is 79.9 cm³/mol. The minimum absolute atomic E-state index is 0.0957. The highest BCUT2D eigenvalue weighted by molar-refractivity contribution is 6.33. The van der Waals surface area contributed by atoms with Crippen LogP contribution in [0.15, 0.2) is 30.3 Å². The van der Waals surface area contributed by atoms with Crippen LogP contribution in [0.2, 0.25) is 5.02 Å². The van der Waals surface area contributed by atoms with Crippen molar-refractivity contribution < 1.29 is 4.92 Å². The molecule has 0 saturated heterocycles. The quantitative estimate of drug-likeness (QED) is 0.663. The van der Waals surface area contributed by atoms with E-state index in [9.17, 15) is 10.1 Å². The number of nitriles is 1. The molecule has 0 aliphatic heterocycles. The van der Waals surface area contributed by atoms with E-state index in [4.69, 9.17) is 16.9 Å². The number of nitrogens with one attached hydrogen (secondary N) is 2. The maximum atomic E-state index is 10.9. The smallest absolute Gasteiger partial charge is 0.276 e. The molecular formula is C13H10ClN5O2. The molecule has 0 saturated carbocycles. The summed E-state index contributed by atoms with van der Waals surface area (Å²) in [5.41, 5.74) is 0.834. The van der Waals surface area contributed by atoms with Gasteiger partial charge in [0.1, 0.15) is 11.6 Å². The Labute approximate surface area is 125 Å². The van der Waals surface area contributed by atoms with E-state index in [-0.39, 0.29) is 11.5 Å². The number of nitro groups is 1. The van der Waals surface area contributed by atoms with Gasteiger partial charge in [0.15, 0.2) is 0 Å². The Bertz CT molecular complexity index is 742. The van der Waals surface area contributed by atoms with Gasteiger partial charge in [-0.15, -0.1) is 0 Å². The summed E-state index contributed by atoms with van der Waals surface area (Å²) in [6.45, 7) is 0. The molecule has 21 heavy (non-hydrogen) atoms. The van der Waals surface area contributed by atoms with Crippen LogP contribution in [0.1, 0.15) is 5.56 Å². The van der Waals surface area contributed by atoms with Crippen molar-refractivity contribution in [2.24, 2.45) is 0 Å². The molecule has 1 aromatic carbocycles. The summed E-state index contributed by atoms with van der Waals surface area (Å²) >= 11 is 6.04. The fraction of sp³-hybridized carbons (Fsp3) is 0.0769. The summed E-state index contributed by atoms with van der Waals surface area (Å²) in [6, 6.07) is 9.30. The second-order valence-electron chi connectivity index (χ2n) is 4.03. The maximum Gasteiger partial charge on any atom is 0.276 e. The Kier molecular flexibility index (Phi) is 4.21. The zero-order valence-corrected chi connectivity index (χ0v) is 11.7. The van der Waals surface area contributed by atoms with Crippen molar-refractivity contribution in [1.29, 1.82) is 5.26 Å². The molecule has 2 rings (SSSR count). The van der Waals surface area contributed by atoms with Gasteiger partial charge in [0, 0.05) is 7.05 Å². The molecule has 2 aromatic rings. The van der Waals surface area contributed by atoms with E-state index in [1.807, 2.05) is 6.07 Å². The number of anilines is 3. The SMILES string of the molecule is CNc1cc([N+](=O)[O-])cc(Nc2ccc(C#N)cc2Cl)n1. The van der Waals surface area contributed by atoms with Gasteiger partial charge in [-0.25, -0.2) is 4.98 Å². The summed E-state index contributed by atoms with van der Waals surface area (Å²) in [6.07, 6.45) is 0. The maximum absolute atomic E-state index is 10.9. The van der Waals surface area contributed by atoms with E-state index in [0.29, 0.717) is 22.1 Å². The molecule has 0 unspecified atom stereocenters. The minimum Gasteiger partial charge on any atom is -0.373 e. The molecule has 0 radical (unpaired) electrons. The van der Waals surface area contributed by atoms with Gasteiger partial charge in [0.05, 0.1) is 39.4 Å². The van der Waals surface area contributed by atoms with E-state index in [0.717, 1.165) is 0 Å². The van der Waals surface area contributed by atoms with Gasteiger partial charge >= 0.3 is 0 Å². The van der Waals surface area contributed by atoms with Crippen LogP contribution in [0.3, 0.4) is 0 Å². The number of benzene rings is 1. The average molecular weight is 304 g/mol. The van der Waals surface area contributed by atoms with E-state index in [1.54, 1.807) is 19.2 Å². The number of aromatic nitrogens is 1. The predicted octanol–water partition coefficient (Wildman–Crippen LogP) is 3.30. The van der Waals surface area contributed by atoms with Crippen LogP contribution in [0, 0.1) is 21.4 Å². The topological polar surface area (TPSA) is 104 Å². The van der Waals surface area contributed by atoms with Crippen LogP contribution >= 0.6 is 11.6 Å². The lowest BCUT2D eigenvalue weighted by atomic mass is 10.2. The Morgan fingerprint density at radius 3 is 2.62 bits per heavy atom. The Morgan fingerprint density at radius 1 is 1.33 bits per heavy atom. The van der Waals surface area contributed by atoms with Crippen LogP contribution in [0.25, 0.3) is 0 Å². The zero-order chi connectivity index (χ0) is 15.4. The lowest BCUT2D eigenvalue weighted by Gasteiger charge is -2.09. The Balaban J connectivity index is 2.37. The first-order chi connectivity index (χ1) is 10.0. The lowest BCUT2D eigenvalue weighted by Crippen LogP contribution is -2.00. The molecular weight excluding hydrogens is 294 g/mol. The van der Waals surface area contributed by atoms with Crippen molar-refractivity contribution in [3.8, 4) is 6.07 Å². The lowest BCUT2D eigenvalue weighted by molar-refractivity contribution is -0.384. The fourth-order valence-electron chi connectivity index (χ4n) is 1.64. The second-order valence-corrected chi connectivity index (χ2v) is 4.44. The number of hydrogen-bond acceptors (Lipinski definition) is 6. The molecule has 0 spiro atoms. The molecule has 1 aromatic heterocycles. The van der Waals surface area contributed by atoms with Gasteiger partial charge in [-0.05, 0) is 18.2 Å². The van der Waals surface area contributed by atoms with Gasteiger partial charge in [-0.3, -0.25) is 10.1 Å². The third kappa shape index (κ3) is 3.38. The number of halogens is 1. The highest BCUT2D eigenvalue weighted by Gasteiger charge is 2.12. The third-order valence-corrected chi connectivity index (χ3v) is 2.95. The van der Waals surface area contributed by atoms with Crippen LogP contribution in [0.5, 0.6) is 0 Å². The van der Waals surface area contributed by atoms with Crippen molar-refractivity contribution in [1.82, 2.24) is 4.98 Å². The van der Waals surface area contributed by atoms with Gasteiger partial charge < -0.3 is 10.6 Å². The zero-order valence-electron chi connectivity index (χ0n) is 10.9. The largest absolute Gasteiger partial charge is 0.373 e. The Morgan fingerprint density at radius 2 is 2.05 bits per heavy atom. The molecule has 2 N–H and O–H groups in total. The molecule has 0 atom stereocenters. The summed E-state index contributed by atoms with van der Waals surface area (Å²) in [7, 11) is 1.62. The second kappa shape index (κ2) is 6.07. The van der Waals surface area contributed by atoms with Crippen molar-refractivity contribution >= 4 is 34.6 Å². The first kappa shape index (κ1) is 14.6. The van der Waals surface area contributed by atoms with Crippen molar-refractivity contribution in [2.45, 2.75) is 0 Å². The number of nitrogens with zero attached hydrogens (tertiary/aromatic N) is 3. The summed E-state index contributed by atoms with van der Waals surface area (Å²) in [5, 5.41) is 25.6. The number of rotatable bonds is 4. The first-order valence-electron chi connectivity index (χ1n) is 5.84. The molecule has 0 aliphatic rings. The van der Waals surface area contributed by atoms with Crippen molar-refractivity contribution in [3.63, 3.8) is 0 Å². The first-order valence-corrected chi connectivity index (χ1v) is 6.22.